The quantitative estimate of drug-likeness (QED) is 0.581. The molecule has 2 atom stereocenters. The van der Waals surface area contributed by atoms with Crippen molar-refractivity contribution in [2.45, 2.75) is 5.92 Å². The molecule has 0 fully saturated rings. The van der Waals surface area contributed by atoms with Crippen molar-refractivity contribution in [1.29, 1.82) is 0 Å². The summed E-state index contributed by atoms with van der Waals surface area (Å²) in [6, 6.07) is 14.1. The van der Waals surface area contributed by atoms with Crippen LogP contribution in [0, 0.1) is 3.57 Å². The van der Waals surface area contributed by atoms with E-state index in [0.29, 0.717) is 0 Å². The zero-order chi connectivity index (χ0) is 13.1. The standard InChI is InChI=1S/C14H13AsClIO/c15-14-7-10(16)3-6-12(14)13(8-18)9-1-4-11(17)5-2-9/h1-7,13,18H,8,15H2. The summed E-state index contributed by atoms with van der Waals surface area (Å²) in [6.07, 6.45) is 0. The second-order valence-corrected chi connectivity index (χ2v) is 7.05. The first-order valence-electron chi connectivity index (χ1n) is 5.53. The van der Waals surface area contributed by atoms with Crippen molar-refractivity contribution >= 4 is 55.4 Å². The minimum absolute atomic E-state index is 0.0288. The van der Waals surface area contributed by atoms with Crippen LogP contribution in [0.4, 0.5) is 0 Å². The minimum atomic E-state index is 0.0288. The summed E-state index contributed by atoms with van der Waals surface area (Å²) in [5.74, 6) is 0.0288. The summed E-state index contributed by atoms with van der Waals surface area (Å²) in [4.78, 5) is 0. The molecule has 2 aromatic carbocycles. The third-order valence-electron chi connectivity index (χ3n) is 2.88. The first-order valence-corrected chi connectivity index (χ1v) is 8.20. The van der Waals surface area contributed by atoms with Gasteiger partial charge in [0.1, 0.15) is 0 Å². The molecule has 1 N–H and O–H groups in total. The van der Waals surface area contributed by atoms with E-state index in [1.54, 1.807) is 0 Å². The number of hydrogen-bond acceptors (Lipinski definition) is 1. The van der Waals surface area contributed by atoms with Gasteiger partial charge in [-0.25, -0.2) is 0 Å². The SMILES string of the molecule is OCC(c1ccc(I)cc1)c1ccc(Cl)cc1[AsH2]. The molecule has 2 rings (SSSR count). The van der Waals surface area contributed by atoms with Crippen molar-refractivity contribution < 1.29 is 5.11 Å². The van der Waals surface area contributed by atoms with Crippen LogP contribution in [0.15, 0.2) is 42.5 Å². The topological polar surface area (TPSA) is 20.2 Å². The molecule has 0 bridgehead atoms. The molecule has 0 spiro atoms. The van der Waals surface area contributed by atoms with Crippen molar-refractivity contribution in [2.24, 2.45) is 0 Å². The predicted molar refractivity (Wildman–Crippen MR) is 87.7 cm³/mol. The monoisotopic (exact) mass is 434 g/mol. The Kier molecular flexibility index (Phi) is 5.13. The third-order valence-corrected chi connectivity index (χ3v) is 4.88. The van der Waals surface area contributed by atoms with Crippen LogP contribution in [0.1, 0.15) is 17.0 Å². The van der Waals surface area contributed by atoms with E-state index in [0.717, 1.165) is 16.1 Å². The Morgan fingerprint density at radius 1 is 1.17 bits per heavy atom. The van der Waals surface area contributed by atoms with Crippen LogP contribution < -0.4 is 4.35 Å². The van der Waals surface area contributed by atoms with Crippen LogP contribution in [0.5, 0.6) is 0 Å². The molecule has 0 saturated carbocycles. The van der Waals surface area contributed by atoms with Gasteiger partial charge in [0.2, 0.25) is 0 Å². The number of benzene rings is 2. The van der Waals surface area contributed by atoms with Gasteiger partial charge in [0, 0.05) is 0 Å². The molecule has 4 heteroatoms. The van der Waals surface area contributed by atoms with Crippen LogP contribution >= 0.6 is 34.2 Å². The predicted octanol–water partition coefficient (Wildman–Crippen LogP) is 2.33. The molecule has 0 aliphatic heterocycles. The maximum absolute atomic E-state index is 9.67. The number of rotatable bonds is 3. The molecule has 2 unspecified atom stereocenters. The third kappa shape index (κ3) is 3.30. The van der Waals surface area contributed by atoms with Crippen LogP contribution in [0.2, 0.25) is 5.02 Å². The summed E-state index contributed by atoms with van der Waals surface area (Å²) in [6.45, 7) is 0.110. The zero-order valence-electron chi connectivity index (χ0n) is 9.61. The molecule has 0 amide bonds. The fourth-order valence-electron chi connectivity index (χ4n) is 1.94. The molecule has 94 valence electrons. The Balaban J connectivity index is 2.41. The number of aliphatic hydroxyl groups is 1. The molecule has 0 heterocycles. The van der Waals surface area contributed by atoms with Gasteiger partial charge in [-0.1, -0.05) is 0 Å². The van der Waals surface area contributed by atoms with Crippen molar-refractivity contribution in [2.75, 3.05) is 6.61 Å². The van der Waals surface area contributed by atoms with Crippen molar-refractivity contribution in [3.05, 3.63) is 62.2 Å². The van der Waals surface area contributed by atoms with Crippen LogP contribution in [-0.4, -0.2) is 28.6 Å². The van der Waals surface area contributed by atoms with Crippen LogP contribution in [-0.2, 0) is 0 Å². The molecule has 0 radical (unpaired) electrons. The maximum atomic E-state index is 9.67. The fourth-order valence-corrected chi connectivity index (χ4v) is 3.70. The molecule has 0 saturated heterocycles. The summed E-state index contributed by atoms with van der Waals surface area (Å²) < 4.78 is 2.37. The van der Waals surface area contributed by atoms with E-state index in [2.05, 4.69) is 46.9 Å². The summed E-state index contributed by atoms with van der Waals surface area (Å²) in [7, 11) is 0. The summed E-state index contributed by atoms with van der Waals surface area (Å²) >= 11 is 9.79. The molecule has 0 aromatic heterocycles. The van der Waals surface area contributed by atoms with Crippen LogP contribution in [0.3, 0.4) is 0 Å². The Bertz CT molecular complexity index is 542. The van der Waals surface area contributed by atoms with E-state index in [9.17, 15) is 5.11 Å². The molecular weight excluding hydrogens is 421 g/mol. The van der Waals surface area contributed by atoms with E-state index in [1.165, 1.54) is 24.8 Å². The fraction of sp³-hybridized carbons (Fsp3) is 0.143. The van der Waals surface area contributed by atoms with Gasteiger partial charge in [0.15, 0.2) is 0 Å². The molecule has 0 aliphatic carbocycles. The summed E-state index contributed by atoms with van der Waals surface area (Å²) in [5.41, 5.74) is 2.29. The second-order valence-electron chi connectivity index (χ2n) is 4.06. The molecular formula is C14H13AsClIO. The van der Waals surface area contributed by atoms with Crippen molar-refractivity contribution in [3.63, 3.8) is 0 Å². The van der Waals surface area contributed by atoms with Gasteiger partial charge >= 0.3 is 135 Å². The van der Waals surface area contributed by atoms with E-state index in [1.807, 2.05) is 18.2 Å². The Morgan fingerprint density at radius 3 is 2.39 bits per heavy atom. The van der Waals surface area contributed by atoms with Gasteiger partial charge in [-0.3, -0.25) is 0 Å². The second kappa shape index (κ2) is 6.42. The summed E-state index contributed by atoms with van der Waals surface area (Å²) in [5, 5.41) is 10.4. The first-order chi connectivity index (χ1) is 8.61. The Morgan fingerprint density at radius 2 is 1.83 bits per heavy atom. The first kappa shape index (κ1) is 14.4. The Labute approximate surface area is 134 Å². The van der Waals surface area contributed by atoms with Gasteiger partial charge in [-0.05, 0) is 0 Å². The normalized spacial score (nSPS) is 12.4. The number of hydrogen-bond donors (Lipinski definition) is 1. The number of aliphatic hydroxyl groups excluding tert-OH is 1. The van der Waals surface area contributed by atoms with Crippen molar-refractivity contribution in [1.82, 2.24) is 0 Å². The number of halogens is 2. The molecule has 2 aromatic rings. The van der Waals surface area contributed by atoms with E-state index in [-0.39, 0.29) is 12.5 Å². The molecule has 0 aliphatic rings. The van der Waals surface area contributed by atoms with Gasteiger partial charge in [0.05, 0.1) is 0 Å². The van der Waals surface area contributed by atoms with Crippen LogP contribution in [0.25, 0.3) is 0 Å². The average molecular weight is 435 g/mol. The molecule has 18 heavy (non-hydrogen) atoms. The molecule has 1 nitrogen and oxygen atoms in total. The van der Waals surface area contributed by atoms with E-state index >= 15 is 0 Å². The van der Waals surface area contributed by atoms with Gasteiger partial charge in [-0.15, -0.1) is 0 Å². The Hall–Kier alpha value is -0.0216. The van der Waals surface area contributed by atoms with E-state index < -0.39 is 0 Å². The van der Waals surface area contributed by atoms with E-state index in [4.69, 9.17) is 11.6 Å². The van der Waals surface area contributed by atoms with Gasteiger partial charge in [0.25, 0.3) is 0 Å². The van der Waals surface area contributed by atoms with Gasteiger partial charge in [-0.2, -0.15) is 0 Å². The van der Waals surface area contributed by atoms with Gasteiger partial charge < -0.3 is 0 Å². The van der Waals surface area contributed by atoms with Crippen molar-refractivity contribution in [3.8, 4) is 0 Å². The zero-order valence-corrected chi connectivity index (χ0v) is 14.9. The average Bonchev–Trinajstić information content (AvgIpc) is 2.35.